The molecule has 1 aliphatic carbocycles. The Morgan fingerprint density at radius 3 is 2.68 bits per heavy atom. The Balaban J connectivity index is 2.07. The molecular weight excluding hydrogens is 302 g/mol. The van der Waals surface area contributed by atoms with E-state index in [0.29, 0.717) is 12.5 Å². The topological polar surface area (TPSA) is 20.3 Å². The number of hydrogen-bond donors (Lipinski definition) is 0. The monoisotopic (exact) mass is 323 g/mol. The molecule has 2 rings (SSSR count). The fourth-order valence-electron chi connectivity index (χ4n) is 2.56. The molecule has 2 nitrogen and oxygen atoms in total. The second-order valence-electron chi connectivity index (χ2n) is 5.47. The van der Waals surface area contributed by atoms with Crippen molar-refractivity contribution in [3.05, 3.63) is 34.9 Å². The molecule has 1 aromatic carbocycles. The van der Waals surface area contributed by atoms with Gasteiger partial charge in [0, 0.05) is 17.9 Å². The molecule has 0 bridgehead atoms. The van der Waals surface area contributed by atoms with Crippen molar-refractivity contribution in [1.29, 1.82) is 0 Å². The lowest BCUT2D eigenvalue weighted by atomic mass is 9.91. The van der Waals surface area contributed by atoms with Crippen LogP contribution in [0.1, 0.15) is 36.0 Å². The fraction of sp³-hybridized carbons (Fsp3) is 0.562. The second kappa shape index (κ2) is 6.56. The third-order valence-corrected chi connectivity index (χ3v) is 4.36. The highest BCUT2D eigenvalue weighted by molar-refractivity contribution is 9.09. The van der Waals surface area contributed by atoms with E-state index in [1.807, 2.05) is 0 Å². The van der Waals surface area contributed by atoms with Crippen LogP contribution in [0, 0.1) is 13.8 Å². The number of carbonyl (C=O) groups is 1. The molecule has 19 heavy (non-hydrogen) atoms. The summed E-state index contributed by atoms with van der Waals surface area (Å²) in [5.74, 6) is 0.276. The summed E-state index contributed by atoms with van der Waals surface area (Å²) in [7, 11) is 0. The molecule has 1 amide bonds. The highest BCUT2D eigenvalue weighted by Gasteiger charge is 2.28. The average molecular weight is 324 g/mol. The standard InChI is InChI=1S/C16H22BrNO/c1-12-6-7-13(2)14(10-12)11-16(19)18(9-8-17)15-4-3-5-15/h6-7,10,15H,3-5,8-9,11H2,1-2H3. The summed E-state index contributed by atoms with van der Waals surface area (Å²) >= 11 is 3.46. The Labute approximate surface area is 124 Å². The lowest BCUT2D eigenvalue weighted by molar-refractivity contribution is -0.134. The molecule has 104 valence electrons. The highest BCUT2D eigenvalue weighted by Crippen LogP contribution is 2.25. The normalized spacial score (nSPS) is 15.1. The molecule has 0 aliphatic heterocycles. The zero-order valence-electron chi connectivity index (χ0n) is 11.8. The molecule has 1 saturated carbocycles. The molecule has 0 saturated heterocycles. The fourth-order valence-corrected chi connectivity index (χ4v) is 2.94. The Kier molecular flexibility index (Phi) is 5.03. The summed E-state index contributed by atoms with van der Waals surface area (Å²) in [6, 6.07) is 6.83. The van der Waals surface area contributed by atoms with E-state index in [-0.39, 0.29) is 5.91 Å². The molecule has 1 fully saturated rings. The SMILES string of the molecule is Cc1ccc(C)c(CC(=O)N(CCBr)C2CCC2)c1. The van der Waals surface area contributed by atoms with E-state index in [1.165, 1.54) is 36.0 Å². The minimum absolute atomic E-state index is 0.276. The smallest absolute Gasteiger partial charge is 0.227 e. The van der Waals surface area contributed by atoms with E-state index in [9.17, 15) is 4.79 Å². The van der Waals surface area contributed by atoms with Crippen LogP contribution in [-0.2, 0) is 11.2 Å². The first-order chi connectivity index (χ1) is 9.11. The first-order valence-corrected chi connectivity index (χ1v) is 8.15. The van der Waals surface area contributed by atoms with Crippen LogP contribution in [0.5, 0.6) is 0 Å². The van der Waals surface area contributed by atoms with Gasteiger partial charge in [-0.15, -0.1) is 0 Å². The summed E-state index contributed by atoms with van der Waals surface area (Å²) in [5, 5.41) is 0.863. The van der Waals surface area contributed by atoms with Crippen molar-refractivity contribution in [3.8, 4) is 0 Å². The minimum atomic E-state index is 0.276. The maximum Gasteiger partial charge on any atom is 0.227 e. The van der Waals surface area contributed by atoms with E-state index in [4.69, 9.17) is 0 Å². The van der Waals surface area contributed by atoms with Crippen molar-refractivity contribution in [1.82, 2.24) is 4.90 Å². The predicted octanol–water partition coefficient (Wildman–Crippen LogP) is 3.62. The second-order valence-corrected chi connectivity index (χ2v) is 6.26. The van der Waals surface area contributed by atoms with Crippen molar-refractivity contribution >= 4 is 21.8 Å². The number of aryl methyl sites for hydroxylation is 2. The van der Waals surface area contributed by atoms with Gasteiger partial charge < -0.3 is 4.90 Å². The van der Waals surface area contributed by atoms with Crippen LogP contribution in [0.2, 0.25) is 0 Å². The van der Waals surface area contributed by atoms with Gasteiger partial charge in [0.25, 0.3) is 0 Å². The van der Waals surface area contributed by atoms with Gasteiger partial charge in [0.2, 0.25) is 5.91 Å². The number of rotatable bonds is 5. The van der Waals surface area contributed by atoms with Crippen LogP contribution in [0.4, 0.5) is 0 Å². The number of benzene rings is 1. The van der Waals surface area contributed by atoms with Crippen molar-refractivity contribution in [2.45, 2.75) is 45.6 Å². The lowest BCUT2D eigenvalue weighted by Gasteiger charge is -2.37. The van der Waals surface area contributed by atoms with Gasteiger partial charge in [-0.05, 0) is 44.2 Å². The molecule has 0 aromatic heterocycles. The van der Waals surface area contributed by atoms with Crippen LogP contribution in [0.25, 0.3) is 0 Å². The number of amides is 1. The Morgan fingerprint density at radius 2 is 2.11 bits per heavy atom. The molecular formula is C16H22BrNO. The van der Waals surface area contributed by atoms with Crippen LogP contribution in [-0.4, -0.2) is 28.7 Å². The lowest BCUT2D eigenvalue weighted by Crippen LogP contribution is -2.45. The van der Waals surface area contributed by atoms with Gasteiger partial charge in [-0.1, -0.05) is 39.7 Å². The predicted molar refractivity (Wildman–Crippen MR) is 82.8 cm³/mol. The average Bonchev–Trinajstić information content (AvgIpc) is 2.31. The summed E-state index contributed by atoms with van der Waals surface area (Å²) in [6.45, 7) is 4.99. The quantitative estimate of drug-likeness (QED) is 0.758. The molecule has 0 spiro atoms. The largest absolute Gasteiger partial charge is 0.339 e. The minimum Gasteiger partial charge on any atom is -0.339 e. The summed E-state index contributed by atoms with van der Waals surface area (Å²) < 4.78 is 0. The van der Waals surface area contributed by atoms with Crippen molar-refractivity contribution in [2.24, 2.45) is 0 Å². The first kappa shape index (κ1) is 14.6. The zero-order valence-corrected chi connectivity index (χ0v) is 13.4. The van der Waals surface area contributed by atoms with Crippen LogP contribution >= 0.6 is 15.9 Å². The summed E-state index contributed by atoms with van der Waals surface area (Å²) in [6.07, 6.45) is 4.15. The Morgan fingerprint density at radius 1 is 1.37 bits per heavy atom. The van der Waals surface area contributed by atoms with E-state index in [1.54, 1.807) is 0 Å². The number of carbonyl (C=O) groups excluding carboxylic acids is 1. The van der Waals surface area contributed by atoms with Gasteiger partial charge in [0.1, 0.15) is 0 Å². The van der Waals surface area contributed by atoms with Gasteiger partial charge in [-0.25, -0.2) is 0 Å². The number of alkyl halides is 1. The van der Waals surface area contributed by atoms with Gasteiger partial charge >= 0.3 is 0 Å². The summed E-state index contributed by atoms with van der Waals surface area (Å²) in [5.41, 5.74) is 3.61. The number of halogens is 1. The van der Waals surface area contributed by atoms with Crippen LogP contribution in [0.3, 0.4) is 0 Å². The molecule has 3 heteroatoms. The van der Waals surface area contributed by atoms with Crippen molar-refractivity contribution in [3.63, 3.8) is 0 Å². The maximum absolute atomic E-state index is 12.5. The van der Waals surface area contributed by atoms with E-state index >= 15 is 0 Å². The van der Waals surface area contributed by atoms with Gasteiger partial charge in [0.15, 0.2) is 0 Å². The molecule has 0 N–H and O–H groups in total. The number of hydrogen-bond acceptors (Lipinski definition) is 1. The summed E-state index contributed by atoms with van der Waals surface area (Å²) in [4.78, 5) is 14.6. The van der Waals surface area contributed by atoms with Crippen molar-refractivity contribution < 1.29 is 4.79 Å². The number of nitrogens with zero attached hydrogens (tertiary/aromatic N) is 1. The van der Waals surface area contributed by atoms with Gasteiger partial charge in [-0.3, -0.25) is 4.79 Å². The van der Waals surface area contributed by atoms with Crippen LogP contribution < -0.4 is 0 Å². The molecule has 0 unspecified atom stereocenters. The molecule has 0 atom stereocenters. The Hall–Kier alpha value is -0.830. The first-order valence-electron chi connectivity index (χ1n) is 7.03. The zero-order chi connectivity index (χ0) is 13.8. The third kappa shape index (κ3) is 3.59. The molecule has 1 aliphatic rings. The molecule has 0 heterocycles. The van der Waals surface area contributed by atoms with Crippen LogP contribution in [0.15, 0.2) is 18.2 Å². The highest BCUT2D eigenvalue weighted by atomic mass is 79.9. The third-order valence-electron chi connectivity index (χ3n) is 4.01. The van der Waals surface area contributed by atoms with E-state index < -0.39 is 0 Å². The molecule has 1 aromatic rings. The Bertz CT molecular complexity index is 454. The van der Waals surface area contributed by atoms with E-state index in [0.717, 1.165) is 11.9 Å². The van der Waals surface area contributed by atoms with E-state index in [2.05, 4.69) is 52.9 Å². The molecule has 0 radical (unpaired) electrons. The van der Waals surface area contributed by atoms with Gasteiger partial charge in [0.05, 0.1) is 6.42 Å². The van der Waals surface area contributed by atoms with Crippen molar-refractivity contribution in [2.75, 3.05) is 11.9 Å². The van der Waals surface area contributed by atoms with Gasteiger partial charge in [-0.2, -0.15) is 0 Å². The maximum atomic E-state index is 12.5.